The van der Waals surface area contributed by atoms with Crippen LogP contribution in [0.1, 0.15) is 19.8 Å². The summed E-state index contributed by atoms with van der Waals surface area (Å²) in [6.45, 7) is 1.70. The normalized spacial score (nSPS) is 15.9. The van der Waals surface area contributed by atoms with Gasteiger partial charge >= 0.3 is 17.9 Å². The van der Waals surface area contributed by atoms with Crippen LogP contribution in [0.25, 0.3) is 0 Å². The van der Waals surface area contributed by atoms with Gasteiger partial charge in [-0.05, 0) is 6.42 Å². The molecule has 0 aromatic carbocycles. The van der Waals surface area contributed by atoms with E-state index in [1.54, 1.807) is 6.92 Å². The number of hydrogen-bond acceptors (Lipinski definition) is 5. The van der Waals surface area contributed by atoms with Gasteiger partial charge in [-0.3, -0.25) is 14.9 Å². The highest BCUT2D eigenvalue weighted by Crippen LogP contribution is 2.03. The molecule has 0 aliphatic carbocycles. The van der Waals surface area contributed by atoms with Crippen molar-refractivity contribution in [3.05, 3.63) is 0 Å². The monoisotopic (exact) mass is 249 g/mol. The summed E-state index contributed by atoms with van der Waals surface area (Å²) in [6.07, 6.45) is -1.60. The van der Waals surface area contributed by atoms with Gasteiger partial charge in [0.2, 0.25) is 0 Å². The standard InChI is InChI=1S/C9H15NO7/c1-2-3-4(7(12)13)10-5(8(14)15)6(11)9(16)17/h4-6,10-11H,2-3H2,1H3,(H,12,13)(H,14,15)(H,16,17). The Balaban J connectivity index is 4.78. The number of aliphatic carboxylic acids is 3. The lowest BCUT2D eigenvalue weighted by Gasteiger charge is -2.21. The van der Waals surface area contributed by atoms with Crippen LogP contribution >= 0.6 is 0 Å². The first kappa shape index (κ1) is 15.3. The first-order chi connectivity index (χ1) is 7.81. The number of carboxylic acid groups (broad SMARTS) is 3. The van der Waals surface area contributed by atoms with Crippen molar-refractivity contribution in [2.75, 3.05) is 0 Å². The smallest absolute Gasteiger partial charge is 0.334 e. The molecule has 5 N–H and O–H groups in total. The van der Waals surface area contributed by atoms with Crippen molar-refractivity contribution in [1.29, 1.82) is 0 Å². The molecular weight excluding hydrogens is 234 g/mol. The molecule has 0 bridgehead atoms. The van der Waals surface area contributed by atoms with Gasteiger partial charge in [0.1, 0.15) is 12.1 Å². The molecule has 0 fully saturated rings. The first-order valence-electron chi connectivity index (χ1n) is 4.93. The largest absolute Gasteiger partial charge is 0.480 e. The van der Waals surface area contributed by atoms with Gasteiger partial charge in [-0.1, -0.05) is 13.3 Å². The van der Waals surface area contributed by atoms with E-state index in [4.69, 9.17) is 20.4 Å². The molecule has 98 valence electrons. The van der Waals surface area contributed by atoms with Gasteiger partial charge in [0.25, 0.3) is 0 Å². The van der Waals surface area contributed by atoms with Crippen molar-refractivity contribution >= 4 is 17.9 Å². The van der Waals surface area contributed by atoms with Gasteiger partial charge in [-0.25, -0.2) is 4.79 Å². The van der Waals surface area contributed by atoms with Crippen LogP contribution in [0.4, 0.5) is 0 Å². The second-order valence-electron chi connectivity index (χ2n) is 3.45. The second-order valence-corrected chi connectivity index (χ2v) is 3.45. The van der Waals surface area contributed by atoms with E-state index in [1.807, 2.05) is 0 Å². The van der Waals surface area contributed by atoms with Crippen LogP contribution in [0.3, 0.4) is 0 Å². The molecule has 0 heterocycles. The zero-order valence-corrected chi connectivity index (χ0v) is 9.16. The minimum absolute atomic E-state index is 0.130. The van der Waals surface area contributed by atoms with Crippen LogP contribution in [-0.2, 0) is 14.4 Å². The molecule has 0 aliphatic rings. The van der Waals surface area contributed by atoms with Crippen molar-refractivity contribution in [1.82, 2.24) is 5.32 Å². The fourth-order valence-corrected chi connectivity index (χ4v) is 1.22. The predicted octanol–water partition coefficient (Wildman–Crippen LogP) is -1.27. The molecule has 8 heteroatoms. The number of nitrogens with one attached hydrogen (secondary N) is 1. The molecule has 0 saturated carbocycles. The fourth-order valence-electron chi connectivity index (χ4n) is 1.22. The molecular formula is C9H15NO7. The van der Waals surface area contributed by atoms with Crippen molar-refractivity contribution in [2.45, 2.75) is 38.0 Å². The minimum atomic E-state index is -2.20. The Bertz CT molecular complexity index is 304. The van der Waals surface area contributed by atoms with Crippen LogP contribution < -0.4 is 5.32 Å². The van der Waals surface area contributed by atoms with Crippen LogP contribution in [0.15, 0.2) is 0 Å². The van der Waals surface area contributed by atoms with E-state index < -0.39 is 36.1 Å². The third-order valence-corrected chi connectivity index (χ3v) is 2.09. The lowest BCUT2D eigenvalue weighted by molar-refractivity contribution is -0.157. The van der Waals surface area contributed by atoms with Crippen molar-refractivity contribution in [3.8, 4) is 0 Å². The highest BCUT2D eigenvalue weighted by molar-refractivity contribution is 5.85. The van der Waals surface area contributed by atoms with Gasteiger partial charge in [0.05, 0.1) is 0 Å². The number of aliphatic hydroxyl groups excluding tert-OH is 1. The summed E-state index contributed by atoms with van der Waals surface area (Å²) in [7, 11) is 0. The number of carboxylic acids is 3. The summed E-state index contributed by atoms with van der Waals surface area (Å²) in [5.74, 6) is -4.65. The Kier molecular flexibility index (Phi) is 6.15. The van der Waals surface area contributed by atoms with E-state index in [9.17, 15) is 14.4 Å². The number of rotatable bonds is 8. The van der Waals surface area contributed by atoms with Crippen LogP contribution in [0, 0.1) is 0 Å². The van der Waals surface area contributed by atoms with Gasteiger partial charge in [0.15, 0.2) is 6.10 Å². The summed E-state index contributed by atoms with van der Waals surface area (Å²) >= 11 is 0. The molecule has 3 atom stereocenters. The Labute approximate surface area is 96.9 Å². The van der Waals surface area contributed by atoms with Gasteiger partial charge < -0.3 is 20.4 Å². The maximum Gasteiger partial charge on any atom is 0.334 e. The van der Waals surface area contributed by atoms with E-state index in [0.717, 1.165) is 0 Å². The minimum Gasteiger partial charge on any atom is -0.480 e. The third kappa shape index (κ3) is 4.79. The molecule has 8 nitrogen and oxygen atoms in total. The first-order valence-corrected chi connectivity index (χ1v) is 4.93. The molecule has 17 heavy (non-hydrogen) atoms. The third-order valence-electron chi connectivity index (χ3n) is 2.09. The summed E-state index contributed by atoms with van der Waals surface area (Å²) in [6, 6.07) is -3.07. The summed E-state index contributed by atoms with van der Waals surface area (Å²) in [5.41, 5.74) is 0. The molecule has 0 spiro atoms. The average molecular weight is 249 g/mol. The highest BCUT2D eigenvalue weighted by atomic mass is 16.4. The van der Waals surface area contributed by atoms with Gasteiger partial charge in [0, 0.05) is 0 Å². The van der Waals surface area contributed by atoms with E-state index in [2.05, 4.69) is 5.32 Å². The zero-order valence-electron chi connectivity index (χ0n) is 9.16. The Morgan fingerprint density at radius 2 is 1.59 bits per heavy atom. The van der Waals surface area contributed by atoms with E-state index in [-0.39, 0.29) is 6.42 Å². The van der Waals surface area contributed by atoms with Crippen LogP contribution in [0.5, 0.6) is 0 Å². The topological polar surface area (TPSA) is 144 Å². The van der Waals surface area contributed by atoms with Gasteiger partial charge in [-0.15, -0.1) is 0 Å². The molecule has 0 saturated heterocycles. The zero-order chi connectivity index (χ0) is 13.6. The maximum absolute atomic E-state index is 10.8. The maximum atomic E-state index is 10.8. The lowest BCUT2D eigenvalue weighted by atomic mass is 10.1. The Morgan fingerprint density at radius 3 is 1.88 bits per heavy atom. The molecule has 0 amide bonds. The summed E-state index contributed by atoms with van der Waals surface area (Å²) < 4.78 is 0. The summed E-state index contributed by atoms with van der Waals surface area (Å²) in [5, 5.41) is 37.2. The molecule has 0 aliphatic heterocycles. The molecule has 0 radical (unpaired) electrons. The fraction of sp³-hybridized carbons (Fsp3) is 0.667. The van der Waals surface area contributed by atoms with E-state index in [1.165, 1.54) is 0 Å². The SMILES string of the molecule is CCCC(NC(C(=O)O)C(O)C(=O)O)C(=O)O. The summed E-state index contributed by atoms with van der Waals surface area (Å²) in [4.78, 5) is 31.9. The highest BCUT2D eigenvalue weighted by Gasteiger charge is 2.35. The molecule has 3 unspecified atom stereocenters. The van der Waals surface area contributed by atoms with Crippen molar-refractivity contribution in [2.24, 2.45) is 0 Å². The van der Waals surface area contributed by atoms with Crippen molar-refractivity contribution in [3.63, 3.8) is 0 Å². The number of hydrogen-bond donors (Lipinski definition) is 5. The quantitative estimate of drug-likeness (QED) is 0.358. The molecule has 0 aromatic heterocycles. The molecule has 0 rings (SSSR count). The van der Waals surface area contributed by atoms with E-state index >= 15 is 0 Å². The van der Waals surface area contributed by atoms with Crippen LogP contribution in [0.2, 0.25) is 0 Å². The Hall–Kier alpha value is -1.67. The lowest BCUT2D eigenvalue weighted by Crippen LogP contribution is -2.55. The second kappa shape index (κ2) is 6.81. The predicted molar refractivity (Wildman–Crippen MR) is 54.5 cm³/mol. The molecule has 0 aromatic rings. The Morgan fingerprint density at radius 1 is 1.06 bits per heavy atom. The van der Waals surface area contributed by atoms with Crippen molar-refractivity contribution < 1.29 is 34.8 Å². The number of carbonyl (C=O) groups is 3. The van der Waals surface area contributed by atoms with Gasteiger partial charge in [-0.2, -0.15) is 0 Å². The van der Waals surface area contributed by atoms with E-state index in [0.29, 0.717) is 6.42 Å². The van der Waals surface area contributed by atoms with Crippen LogP contribution in [-0.4, -0.2) is 56.5 Å². The number of aliphatic hydroxyl groups is 1. The average Bonchev–Trinajstić information content (AvgIpc) is 2.22.